The van der Waals surface area contributed by atoms with Gasteiger partial charge in [0, 0.05) is 0 Å². The van der Waals surface area contributed by atoms with E-state index in [1.807, 2.05) is 0 Å². The fourth-order valence-electron chi connectivity index (χ4n) is 4.34. The van der Waals surface area contributed by atoms with Crippen LogP contribution in [0.1, 0.15) is 61.4 Å². The minimum absolute atomic E-state index is 0.183. The number of imidazole rings is 2. The van der Waals surface area contributed by atoms with Crippen LogP contribution in [0.25, 0.3) is 22.1 Å². The van der Waals surface area contributed by atoms with Gasteiger partial charge in [0.25, 0.3) is 0 Å². The van der Waals surface area contributed by atoms with Crippen LogP contribution in [0.15, 0.2) is 30.3 Å². The van der Waals surface area contributed by atoms with Crippen LogP contribution < -0.4 is 0 Å². The van der Waals surface area contributed by atoms with Gasteiger partial charge in [-0.25, -0.2) is 9.97 Å². The maximum Gasteiger partial charge on any atom is 0.416 e. The predicted molar refractivity (Wildman–Crippen MR) is 117 cm³/mol. The van der Waals surface area contributed by atoms with Gasteiger partial charge in [0.2, 0.25) is 0 Å². The molecular formula is C24H27F3N4. The second-order valence-corrected chi connectivity index (χ2v) is 9.01. The normalized spacial score (nSPS) is 14.6. The highest BCUT2D eigenvalue weighted by Crippen LogP contribution is 2.36. The zero-order chi connectivity index (χ0) is 22.5. The summed E-state index contributed by atoms with van der Waals surface area (Å²) in [5.41, 5.74) is 4.41. The first-order chi connectivity index (χ1) is 14.5. The van der Waals surface area contributed by atoms with Gasteiger partial charge >= 0.3 is 6.18 Å². The van der Waals surface area contributed by atoms with E-state index in [1.54, 1.807) is 0 Å². The number of aromatic amines is 2. The highest BCUT2D eigenvalue weighted by Gasteiger charge is 2.32. The summed E-state index contributed by atoms with van der Waals surface area (Å²) in [5.74, 6) is 1.88. The summed E-state index contributed by atoms with van der Waals surface area (Å²) in [5, 5.41) is 0. The van der Waals surface area contributed by atoms with E-state index in [0.29, 0.717) is 22.8 Å². The second kappa shape index (κ2) is 7.70. The molecule has 0 fully saturated rings. The van der Waals surface area contributed by atoms with Crippen LogP contribution in [-0.4, -0.2) is 19.9 Å². The third-order valence-corrected chi connectivity index (χ3v) is 5.94. The topological polar surface area (TPSA) is 57.4 Å². The lowest BCUT2D eigenvalue weighted by Gasteiger charge is -2.22. The molecule has 4 aromatic rings. The Kier molecular flexibility index (Phi) is 5.31. The molecule has 0 aliphatic rings. The fraction of sp³-hybridized carbons (Fsp3) is 0.417. The summed E-state index contributed by atoms with van der Waals surface area (Å²) in [6.07, 6.45) is -3.46. The van der Waals surface area contributed by atoms with E-state index in [2.05, 4.69) is 61.7 Å². The van der Waals surface area contributed by atoms with Gasteiger partial charge in [-0.05, 0) is 73.6 Å². The van der Waals surface area contributed by atoms with E-state index in [9.17, 15) is 13.2 Å². The molecule has 2 unspecified atom stereocenters. The standard InChI is InChI=1S/C24H27F3N4/c1-12(2)8-15(5)21(23-29-18-9-13(3)14(4)10-19(18)30-23)22-28-17-7-6-16(24(25,26)27)11-20(17)31-22/h6-7,9-12,15,21H,8H2,1-5H3,(H,28,31)(H,29,30). The van der Waals surface area contributed by atoms with E-state index in [-0.39, 0.29) is 11.8 Å². The fourth-order valence-corrected chi connectivity index (χ4v) is 4.34. The highest BCUT2D eigenvalue weighted by molar-refractivity contribution is 5.78. The first kappa shape index (κ1) is 21.4. The minimum Gasteiger partial charge on any atom is -0.341 e. The third kappa shape index (κ3) is 4.18. The SMILES string of the molecule is Cc1cc2nc(C(c3nc4ccc(C(F)(F)F)cc4[nH]3)C(C)CC(C)C)[nH]c2cc1C. The van der Waals surface area contributed by atoms with Gasteiger partial charge in [-0.2, -0.15) is 13.2 Å². The van der Waals surface area contributed by atoms with Gasteiger partial charge in [-0.1, -0.05) is 20.8 Å². The largest absolute Gasteiger partial charge is 0.416 e. The number of aryl methyl sites for hydroxylation is 2. The molecule has 2 aromatic heterocycles. The lowest BCUT2D eigenvalue weighted by molar-refractivity contribution is -0.137. The molecule has 7 heteroatoms. The molecule has 2 atom stereocenters. The van der Waals surface area contributed by atoms with Gasteiger partial charge in [0.15, 0.2) is 0 Å². The van der Waals surface area contributed by atoms with Crippen LogP contribution in [0.3, 0.4) is 0 Å². The Morgan fingerprint density at radius 1 is 0.839 bits per heavy atom. The van der Waals surface area contributed by atoms with Crippen molar-refractivity contribution in [2.75, 3.05) is 0 Å². The van der Waals surface area contributed by atoms with Gasteiger partial charge in [0.05, 0.1) is 33.5 Å². The molecule has 0 radical (unpaired) electrons. The van der Waals surface area contributed by atoms with Gasteiger partial charge < -0.3 is 9.97 Å². The number of benzene rings is 2. The van der Waals surface area contributed by atoms with Gasteiger partial charge in [-0.3, -0.25) is 0 Å². The van der Waals surface area contributed by atoms with Crippen LogP contribution in [0.5, 0.6) is 0 Å². The molecular weight excluding hydrogens is 401 g/mol. The first-order valence-corrected chi connectivity index (χ1v) is 10.6. The highest BCUT2D eigenvalue weighted by atomic mass is 19.4. The zero-order valence-corrected chi connectivity index (χ0v) is 18.4. The van der Waals surface area contributed by atoms with E-state index in [0.717, 1.165) is 35.4 Å². The van der Waals surface area contributed by atoms with Crippen molar-refractivity contribution < 1.29 is 13.2 Å². The van der Waals surface area contributed by atoms with E-state index >= 15 is 0 Å². The summed E-state index contributed by atoms with van der Waals surface area (Å²) in [7, 11) is 0. The van der Waals surface area contributed by atoms with Crippen molar-refractivity contribution >= 4 is 22.1 Å². The molecule has 0 saturated carbocycles. The molecule has 164 valence electrons. The Bertz CT molecular complexity index is 1190. The Hall–Kier alpha value is -2.83. The summed E-state index contributed by atoms with van der Waals surface area (Å²) in [6, 6.07) is 7.77. The smallest absolute Gasteiger partial charge is 0.341 e. The van der Waals surface area contributed by atoms with E-state index in [4.69, 9.17) is 4.98 Å². The molecule has 31 heavy (non-hydrogen) atoms. The second-order valence-electron chi connectivity index (χ2n) is 9.01. The molecule has 4 nitrogen and oxygen atoms in total. The molecule has 2 aromatic carbocycles. The maximum absolute atomic E-state index is 13.2. The van der Waals surface area contributed by atoms with Crippen LogP contribution in [0.4, 0.5) is 13.2 Å². The van der Waals surface area contributed by atoms with Crippen LogP contribution in [-0.2, 0) is 6.18 Å². The third-order valence-electron chi connectivity index (χ3n) is 5.94. The molecule has 0 aliphatic heterocycles. The van der Waals surface area contributed by atoms with Crippen molar-refractivity contribution in [1.82, 2.24) is 19.9 Å². The molecule has 2 heterocycles. The summed E-state index contributed by atoms with van der Waals surface area (Å²) >= 11 is 0. The van der Waals surface area contributed by atoms with Crippen molar-refractivity contribution in [3.63, 3.8) is 0 Å². The zero-order valence-electron chi connectivity index (χ0n) is 18.4. The number of alkyl halides is 3. The van der Waals surface area contributed by atoms with E-state index < -0.39 is 11.7 Å². The number of H-pyrrole nitrogens is 2. The van der Waals surface area contributed by atoms with Crippen molar-refractivity contribution in [3.8, 4) is 0 Å². The number of nitrogens with one attached hydrogen (secondary N) is 2. The average Bonchev–Trinajstić information content (AvgIpc) is 3.24. The van der Waals surface area contributed by atoms with Gasteiger partial charge in [0.1, 0.15) is 11.6 Å². The minimum atomic E-state index is -4.39. The summed E-state index contributed by atoms with van der Waals surface area (Å²) in [4.78, 5) is 16.1. The summed E-state index contributed by atoms with van der Waals surface area (Å²) < 4.78 is 39.5. The van der Waals surface area contributed by atoms with Crippen molar-refractivity contribution in [2.24, 2.45) is 11.8 Å². The molecule has 2 N–H and O–H groups in total. The number of aromatic nitrogens is 4. The number of halogens is 3. The number of nitrogens with zero attached hydrogens (tertiary/aromatic N) is 2. The van der Waals surface area contributed by atoms with Crippen LogP contribution >= 0.6 is 0 Å². The molecule has 4 rings (SSSR count). The predicted octanol–water partition coefficient (Wildman–Crippen LogP) is 6.89. The van der Waals surface area contributed by atoms with Crippen LogP contribution in [0.2, 0.25) is 0 Å². The average molecular weight is 429 g/mol. The molecule has 0 amide bonds. The van der Waals surface area contributed by atoms with Crippen molar-refractivity contribution in [3.05, 3.63) is 58.7 Å². The maximum atomic E-state index is 13.2. The lowest BCUT2D eigenvalue weighted by Crippen LogP contribution is -2.16. The first-order valence-electron chi connectivity index (χ1n) is 10.6. The number of rotatable bonds is 5. The van der Waals surface area contributed by atoms with Crippen molar-refractivity contribution in [2.45, 2.75) is 53.1 Å². The van der Waals surface area contributed by atoms with Crippen LogP contribution in [0, 0.1) is 25.7 Å². The Labute approximate surface area is 179 Å². The Balaban J connectivity index is 1.83. The Morgan fingerprint density at radius 3 is 2.03 bits per heavy atom. The van der Waals surface area contributed by atoms with Crippen molar-refractivity contribution in [1.29, 1.82) is 0 Å². The van der Waals surface area contributed by atoms with Gasteiger partial charge in [-0.15, -0.1) is 0 Å². The summed E-state index contributed by atoms with van der Waals surface area (Å²) in [6.45, 7) is 10.6. The molecule has 0 spiro atoms. The molecule has 0 saturated heterocycles. The number of hydrogen-bond donors (Lipinski definition) is 2. The lowest BCUT2D eigenvalue weighted by atomic mass is 9.86. The molecule has 0 bridgehead atoms. The Morgan fingerprint density at radius 2 is 1.42 bits per heavy atom. The molecule has 0 aliphatic carbocycles. The number of fused-ring (bicyclic) bond motifs is 2. The number of hydrogen-bond acceptors (Lipinski definition) is 2. The quantitative estimate of drug-likeness (QED) is 0.364. The van der Waals surface area contributed by atoms with E-state index in [1.165, 1.54) is 17.2 Å². The monoisotopic (exact) mass is 428 g/mol.